The molecule has 0 aliphatic carbocycles. The van der Waals surface area contributed by atoms with Gasteiger partial charge >= 0.3 is 0 Å². The topological polar surface area (TPSA) is 76.4 Å². The third kappa shape index (κ3) is 2.03. The van der Waals surface area contributed by atoms with Crippen molar-refractivity contribution in [3.05, 3.63) is 24.2 Å². The SMILES string of the molecule is CNS(=O)(=O)c1ccc2nnc(C(C)C)n2c1. The average Bonchev–Trinajstić information content (AvgIpc) is 2.71. The highest BCUT2D eigenvalue weighted by Gasteiger charge is 2.15. The van der Waals surface area contributed by atoms with Crippen molar-refractivity contribution in [3.8, 4) is 0 Å². The molecule has 2 aromatic rings. The summed E-state index contributed by atoms with van der Waals surface area (Å²) in [4.78, 5) is 0.203. The number of aromatic nitrogens is 3. The Bertz CT molecular complexity index is 645. The van der Waals surface area contributed by atoms with Crippen LogP contribution < -0.4 is 4.72 Å². The Morgan fingerprint density at radius 2 is 2.00 bits per heavy atom. The van der Waals surface area contributed by atoms with Crippen LogP contribution in [0.2, 0.25) is 0 Å². The van der Waals surface area contributed by atoms with Gasteiger partial charge in [0.1, 0.15) is 5.82 Å². The van der Waals surface area contributed by atoms with Gasteiger partial charge in [-0.3, -0.25) is 4.40 Å². The molecule has 7 heteroatoms. The molecule has 0 unspecified atom stereocenters. The van der Waals surface area contributed by atoms with E-state index in [-0.39, 0.29) is 10.8 Å². The Balaban J connectivity index is 2.68. The van der Waals surface area contributed by atoms with Crippen molar-refractivity contribution >= 4 is 15.7 Å². The summed E-state index contributed by atoms with van der Waals surface area (Å²) in [6.45, 7) is 3.96. The van der Waals surface area contributed by atoms with Crippen LogP contribution >= 0.6 is 0 Å². The number of pyridine rings is 1. The Kier molecular flexibility index (Phi) is 2.88. The van der Waals surface area contributed by atoms with Gasteiger partial charge in [0.2, 0.25) is 10.0 Å². The molecule has 2 rings (SSSR count). The third-order valence-electron chi connectivity index (χ3n) is 2.50. The summed E-state index contributed by atoms with van der Waals surface area (Å²) in [7, 11) is -2.05. The lowest BCUT2D eigenvalue weighted by Gasteiger charge is -2.05. The van der Waals surface area contributed by atoms with Crippen LogP contribution in [0.3, 0.4) is 0 Å². The quantitative estimate of drug-likeness (QED) is 0.877. The Morgan fingerprint density at radius 1 is 1.29 bits per heavy atom. The number of hydrogen-bond donors (Lipinski definition) is 1. The highest BCUT2D eigenvalue weighted by Crippen LogP contribution is 2.16. The van der Waals surface area contributed by atoms with E-state index in [9.17, 15) is 8.42 Å². The summed E-state index contributed by atoms with van der Waals surface area (Å²) >= 11 is 0. The first-order valence-corrected chi connectivity index (χ1v) is 6.72. The van der Waals surface area contributed by atoms with Crippen molar-refractivity contribution in [2.24, 2.45) is 0 Å². The van der Waals surface area contributed by atoms with Gasteiger partial charge in [-0.05, 0) is 19.2 Å². The molecule has 0 aromatic carbocycles. The second-order valence-corrected chi connectivity index (χ2v) is 5.90. The molecule has 2 heterocycles. The molecular formula is C10H14N4O2S. The normalized spacial score (nSPS) is 12.5. The Labute approximate surface area is 99.7 Å². The van der Waals surface area contributed by atoms with Crippen LogP contribution in [0.5, 0.6) is 0 Å². The Morgan fingerprint density at radius 3 is 2.59 bits per heavy atom. The zero-order valence-electron chi connectivity index (χ0n) is 9.88. The van der Waals surface area contributed by atoms with E-state index in [4.69, 9.17) is 0 Å². The summed E-state index contributed by atoms with van der Waals surface area (Å²) in [6, 6.07) is 3.16. The maximum atomic E-state index is 11.7. The van der Waals surface area contributed by atoms with Crippen molar-refractivity contribution in [3.63, 3.8) is 0 Å². The van der Waals surface area contributed by atoms with E-state index in [1.54, 1.807) is 10.5 Å². The summed E-state index contributed by atoms with van der Waals surface area (Å²) < 4.78 is 27.3. The van der Waals surface area contributed by atoms with E-state index in [0.29, 0.717) is 5.65 Å². The second-order valence-electron chi connectivity index (χ2n) is 4.01. The van der Waals surface area contributed by atoms with Gasteiger partial charge in [-0.25, -0.2) is 13.1 Å². The number of sulfonamides is 1. The first kappa shape index (κ1) is 12.0. The molecule has 92 valence electrons. The zero-order chi connectivity index (χ0) is 12.6. The molecule has 0 saturated carbocycles. The number of nitrogens with zero attached hydrogens (tertiary/aromatic N) is 3. The van der Waals surface area contributed by atoms with Crippen molar-refractivity contribution in [1.29, 1.82) is 0 Å². The van der Waals surface area contributed by atoms with E-state index < -0.39 is 10.0 Å². The van der Waals surface area contributed by atoms with E-state index in [1.807, 2.05) is 13.8 Å². The smallest absolute Gasteiger partial charge is 0.241 e. The van der Waals surface area contributed by atoms with Gasteiger partial charge in [0.05, 0.1) is 4.90 Å². The van der Waals surface area contributed by atoms with Gasteiger partial charge in [-0.2, -0.15) is 0 Å². The largest absolute Gasteiger partial charge is 0.285 e. The minimum atomic E-state index is -3.44. The fourth-order valence-electron chi connectivity index (χ4n) is 1.56. The van der Waals surface area contributed by atoms with Crippen molar-refractivity contribution in [2.75, 3.05) is 7.05 Å². The molecule has 0 fully saturated rings. The standard InChI is InChI=1S/C10H14N4O2S/c1-7(2)10-13-12-9-5-4-8(6-14(9)10)17(15,16)11-3/h4-7,11H,1-3H3. The molecule has 6 nitrogen and oxygen atoms in total. The molecule has 0 saturated heterocycles. The number of rotatable bonds is 3. The molecule has 0 aliphatic heterocycles. The molecule has 0 aliphatic rings. The van der Waals surface area contributed by atoms with Crippen molar-refractivity contribution < 1.29 is 8.42 Å². The molecule has 1 N–H and O–H groups in total. The van der Waals surface area contributed by atoms with E-state index in [0.717, 1.165) is 5.82 Å². The summed E-state index contributed by atoms with van der Waals surface area (Å²) in [6.07, 6.45) is 1.54. The highest BCUT2D eigenvalue weighted by molar-refractivity contribution is 7.89. The fraction of sp³-hybridized carbons (Fsp3) is 0.400. The maximum absolute atomic E-state index is 11.7. The van der Waals surface area contributed by atoms with E-state index in [2.05, 4.69) is 14.9 Å². The van der Waals surface area contributed by atoms with Gasteiger partial charge in [0.25, 0.3) is 0 Å². The number of fused-ring (bicyclic) bond motifs is 1. The molecule has 17 heavy (non-hydrogen) atoms. The fourth-order valence-corrected chi connectivity index (χ4v) is 2.29. The molecule has 0 bridgehead atoms. The third-order valence-corrected chi connectivity index (χ3v) is 3.90. The predicted octanol–water partition coefficient (Wildman–Crippen LogP) is 0.761. The summed E-state index contributed by atoms with van der Waals surface area (Å²) in [5, 5.41) is 8.03. The summed E-state index contributed by atoms with van der Waals surface area (Å²) in [5.41, 5.74) is 0.642. The first-order valence-electron chi connectivity index (χ1n) is 5.24. The average molecular weight is 254 g/mol. The van der Waals surface area contributed by atoms with Gasteiger partial charge in [0.15, 0.2) is 5.65 Å². The van der Waals surface area contributed by atoms with Crippen LogP contribution in [0.4, 0.5) is 0 Å². The molecule has 0 atom stereocenters. The van der Waals surface area contributed by atoms with Crippen LogP contribution in [0.25, 0.3) is 5.65 Å². The van der Waals surface area contributed by atoms with Crippen LogP contribution in [-0.4, -0.2) is 30.1 Å². The van der Waals surface area contributed by atoms with Gasteiger partial charge in [-0.1, -0.05) is 13.8 Å². The number of hydrogen-bond acceptors (Lipinski definition) is 4. The monoisotopic (exact) mass is 254 g/mol. The summed E-state index contributed by atoms with van der Waals surface area (Å²) in [5.74, 6) is 0.922. The van der Waals surface area contributed by atoms with Gasteiger partial charge in [0, 0.05) is 12.1 Å². The molecule has 2 aromatic heterocycles. The van der Waals surface area contributed by atoms with Gasteiger partial charge in [-0.15, -0.1) is 10.2 Å². The van der Waals surface area contributed by atoms with Crippen molar-refractivity contribution in [2.45, 2.75) is 24.7 Å². The number of nitrogens with one attached hydrogen (secondary N) is 1. The Hall–Kier alpha value is -1.47. The first-order chi connectivity index (χ1) is 7.95. The second kappa shape index (κ2) is 4.08. The lowest BCUT2D eigenvalue weighted by molar-refractivity contribution is 0.587. The molecule has 0 amide bonds. The predicted molar refractivity (Wildman–Crippen MR) is 63.3 cm³/mol. The van der Waals surface area contributed by atoms with Gasteiger partial charge < -0.3 is 0 Å². The highest BCUT2D eigenvalue weighted by atomic mass is 32.2. The van der Waals surface area contributed by atoms with Crippen LogP contribution in [0, 0.1) is 0 Å². The van der Waals surface area contributed by atoms with Crippen LogP contribution in [0.1, 0.15) is 25.6 Å². The zero-order valence-corrected chi connectivity index (χ0v) is 10.7. The minimum absolute atomic E-state index is 0.178. The minimum Gasteiger partial charge on any atom is -0.285 e. The van der Waals surface area contributed by atoms with Crippen molar-refractivity contribution in [1.82, 2.24) is 19.3 Å². The van der Waals surface area contributed by atoms with Crippen LogP contribution in [-0.2, 0) is 10.0 Å². The van der Waals surface area contributed by atoms with Crippen LogP contribution in [0.15, 0.2) is 23.2 Å². The molecule has 0 spiro atoms. The lowest BCUT2D eigenvalue weighted by Crippen LogP contribution is -2.19. The molecular weight excluding hydrogens is 240 g/mol. The van der Waals surface area contributed by atoms with E-state index in [1.165, 1.54) is 19.3 Å². The molecule has 0 radical (unpaired) electrons. The maximum Gasteiger partial charge on any atom is 0.241 e. The van der Waals surface area contributed by atoms with E-state index >= 15 is 0 Å². The lowest BCUT2D eigenvalue weighted by atomic mass is 10.2.